The molecule has 2 rings (SSSR count). The Morgan fingerprint density at radius 2 is 2.06 bits per heavy atom. The van der Waals surface area contributed by atoms with E-state index in [0.717, 1.165) is 15.8 Å². The summed E-state index contributed by atoms with van der Waals surface area (Å²) in [5, 5.41) is 3.30. The van der Waals surface area contributed by atoms with Crippen LogP contribution in [0.2, 0.25) is 0 Å². The highest BCUT2D eigenvalue weighted by atomic mass is 79.9. The molecule has 4 heteroatoms. The fraction of sp³-hybridized carbons (Fsp3) is 0.214. The smallest absolute Gasteiger partial charge is 0.137 e. The lowest BCUT2D eigenvalue weighted by Gasteiger charge is -2.18. The number of nitrogens with one attached hydrogen (secondary N) is 1. The van der Waals surface area contributed by atoms with Crippen molar-refractivity contribution in [1.82, 2.24) is 10.3 Å². The second-order valence-electron chi connectivity index (χ2n) is 3.90. The summed E-state index contributed by atoms with van der Waals surface area (Å²) >= 11 is 3.58. The van der Waals surface area contributed by atoms with E-state index in [4.69, 9.17) is 4.74 Å². The quantitative estimate of drug-likeness (QED) is 0.942. The molecule has 0 aliphatic rings. The van der Waals surface area contributed by atoms with Crippen LogP contribution >= 0.6 is 15.9 Å². The van der Waals surface area contributed by atoms with Crippen LogP contribution in [0.4, 0.5) is 0 Å². The monoisotopic (exact) mass is 306 g/mol. The lowest BCUT2D eigenvalue weighted by molar-refractivity contribution is 0.411. The third kappa shape index (κ3) is 2.71. The minimum absolute atomic E-state index is 0.0863. The van der Waals surface area contributed by atoms with Gasteiger partial charge in [0.25, 0.3) is 0 Å². The number of nitrogens with zero attached hydrogens (tertiary/aromatic N) is 1. The van der Waals surface area contributed by atoms with Crippen molar-refractivity contribution in [2.24, 2.45) is 0 Å². The Labute approximate surface area is 115 Å². The summed E-state index contributed by atoms with van der Waals surface area (Å²) in [5.41, 5.74) is 2.25. The molecule has 0 fully saturated rings. The van der Waals surface area contributed by atoms with Crippen molar-refractivity contribution >= 4 is 15.9 Å². The fourth-order valence-corrected chi connectivity index (χ4v) is 2.43. The molecule has 1 atom stereocenters. The normalized spacial score (nSPS) is 12.2. The minimum atomic E-state index is 0.0863. The summed E-state index contributed by atoms with van der Waals surface area (Å²) in [6.45, 7) is 0. The van der Waals surface area contributed by atoms with Gasteiger partial charge in [0, 0.05) is 10.7 Å². The summed E-state index contributed by atoms with van der Waals surface area (Å²) in [5.74, 6) is 0.764. The van der Waals surface area contributed by atoms with Gasteiger partial charge in [-0.1, -0.05) is 34.1 Å². The first-order chi connectivity index (χ1) is 8.76. The maximum absolute atomic E-state index is 5.21. The first kappa shape index (κ1) is 13.1. The van der Waals surface area contributed by atoms with Crippen molar-refractivity contribution in [2.75, 3.05) is 14.2 Å². The average Bonchev–Trinajstić information content (AvgIpc) is 2.42. The molecule has 3 nitrogen and oxygen atoms in total. The summed E-state index contributed by atoms with van der Waals surface area (Å²) in [4.78, 5) is 4.20. The van der Waals surface area contributed by atoms with Crippen LogP contribution in [0.25, 0.3) is 0 Å². The molecule has 0 bridgehead atoms. The number of methoxy groups -OCH3 is 1. The zero-order valence-corrected chi connectivity index (χ0v) is 11.9. The van der Waals surface area contributed by atoms with Crippen LogP contribution in [-0.2, 0) is 0 Å². The van der Waals surface area contributed by atoms with E-state index < -0.39 is 0 Å². The first-order valence-electron chi connectivity index (χ1n) is 5.67. The lowest BCUT2D eigenvalue weighted by atomic mass is 10.0. The van der Waals surface area contributed by atoms with E-state index in [2.05, 4.69) is 32.3 Å². The number of aromatic nitrogens is 1. The highest BCUT2D eigenvalue weighted by Gasteiger charge is 2.15. The number of ether oxygens (including phenoxy) is 1. The SMILES string of the molecule is CNC(c1cncc(OC)c1)c1ccccc1Br. The van der Waals surface area contributed by atoms with Gasteiger partial charge in [0.2, 0.25) is 0 Å². The van der Waals surface area contributed by atoms with Crippen molar-refractivity contribution in [1.29, 1.82) is 0 Å². The second kappa shape index (κ2) is 5.98. The molecule has 0 aliphatic carbocycles. The molecule has 1 N–H and O–H groups in total. The Balaban J connectivity index is 2.42. The Morgan fingerprint density at radius 3 is 2.72 bits per heavy atom. The Kier molecular flexibility index (Phi) is 4.33. The maximum atomic E-state index is 5.21. The zero-order chi connectivity index (χ0) is 13.0. The molecule has 0 amide bonds. The molecule has 0 spiro atoms. The van der Waals surface area contributed by atoms with Crippen LogP contribution in [0.1, 0.15) is 17.2 Å². The molecule has 94 valence electrons. The third-order valence-corrected chi connectivity index (χ3v) is 3.53. The van der Waals surface area contributed by atoms with Gasteiger partial charge in [0.05, 0.1) is 19.3 Å². The largest absolute Gasteiger partial charge is 0.495 e. The van der Waals surface area contributed by atoms with Crippen molar-refractivity contribution in [3.05, 3.63) is 58.3 Å². The van der Waals surface area contributed by atoms with E-state index in [9.17, 15) is 0 Å². The van der Waals surface area contributed by atoms with E-state index in [-0.39, 0.29) is 6.04 Å². The van der Waals surface area contributed by atoms with E-state index in [1.165, 1.54) is 5.56 Å². The topological polar surface area (TPSA) is 34.2 Å². The molecular formula is C14H15BrN2O. The number of rotatable bonds is 4. The average molecular weight is 307 g/mol. The molecular weight excluding hydrogens is 292 g/mol. The van der Waals surface area contributed by atoms with Crippen LogP contribution in [0.3, 0.4) is 0 Å². The number of pyridine rings is 1. The van der Waals surface area contributed by atoms with Gasteiger partial charge in [-0.2, -0.15) is 0 Å². The van der Waals surface area contributed by atoms with E-state index >= 15 is 0 Å². The molecule has 1 aromatic carbocycles. The van der Waals surface area contributed by atoms with E-state index in [1.54, 1.807) is 13.3 Å². The highest BCUT2D eigenvalue weighted by Crippen LogP contribution is 2.29. The van der Waals surface area contributed by atoms with Crippen molar-refractivity contribution in [3.8, 4) is 5.75 Å². The molecule has 0 aliphatic heterocycles. The molecule has 0 radical (unpaired) electrons. The number of hydrogen-bond donors (Lipinski definition) is 1. The van der Waals surface area contributed by atoms with Gasteiger partial charge in [-0.3, -0.25) is 4.98 Å². The van der Waals surface area contributed by atoms with Crippen molar-refractivity contribution in [2.45, 2.75) is 6.04 Å². The predicted octanol–water partition coefficient (Wildman–Crippen LogP) is 3.16. The number of hydrogen-bond acceptors (Lipinski definition) is 3. The maximum Gasteiger partial charge on any atom is 0.137 e. The molecule has 1 unspecified atom stereocenters. The Morgan fingerprint density at radius 1 is 1.28 bits per heavy atom. The molecule has 1 heterocycles. The number of halogens is 1. The van der Waals surface area contributed by atoms with Gasteiger partial charge in [0.15, 0.2) is 0 Å². The zero-order valence-electron chi connectivity index (χ0n) is 10.4. The molecule has 0 saturated heterocycles. The van der Waals surface area contributed by atoms with Gasteiger partial charge >= 0.3 is 0 Å². The lowest BCUT2D eigenvalue weighted by Crippen LogP contribution is -2.18. The van der Waals surface area contributed by atoms with Crippen LogP contribution in [0, 0.1) is 0 Å². The van der Waals surface area contributed by atoms with Gasteiger partial charge in [0.1, 0.15) is 5.75 Å². The summed E-state index contributed by atoms with van der Waals surface area (Å²) in [7, 11) is 3.58. The van der Waals surface area contributed by atoms with E-state index in [1.807, 2.05) is 37.5 Å². The molecule has 1 aromatic heterocycles. The van der Waals surface area contributed by atoms with Gasteiger partial charge in [-0.15, -0.1) is 0 Å². The number of benzene rings is 1. The van der Waals surface area contributed by atoms with Crippen molar-refractivity contribution in [3.63, 3.8) is 0 Å². The molecule has 18 heavy (non-hydrogen) atoms. The predicted molar refractivity (Wildman–Crippen MR) is 75.8 cm³/mol. The van der Waals surface area contributed by atoms with Gasteiger partial charge in [-0.25, -0.2) is 0 Å². The van der Waals surface area contributed by atoms with Crippen LogP contribution in [0.15, 0.2) is 47.2 Å². The van der Waals surface area contributed by atoms with Crippen molar-refractivity contribution < 1.29 is 4.74 Å². The van der Waals surface area contributed by atoms with Gasteiger partial charge < -0.3 is 10.1 Å². The van der Waals surface area contributed by atoms with Crippen LogP contribution in [-0.4, -0.2) is 19.1 Å². The summed E-state index contributed by atoms with van der Waals surface area (Å²) in [6.07, 6.45) is 3.55. The Hall–Kier alpha value is -1.39. The minimum Gasteiger partial charge on any atom is -0.495 e. The van der Waals surface area contributed by atoms with Gasteiger partial charge in [-0.05, 0) is 30.3 Å². The van der Waals surface area contributed by atoms with E-state index in [0.29, 0.717) is 0 Å². The molecule has 0 saturated carbocycles. The van der Waals surface area contributed by atoms with Crippen LogP contribution < -0.4 is 10.1 Å². The second-order valence-corrected chi connectivity index (χ2v) is 4.76. The molecule has 2 aromatic rings. The van der Waals surface area contributed by atoms with Crippen LogP contribution in [0.5, 0.6) is 5.75 Å². The summed E-state index contributed by atoms with van der Waals surface area (Å²) < 4.78 is 6.29. The third-order valence-electron chi connectivity index (χ3n) is 2.81. The highest BCUT2D eigenvalue weighted by molar-refractivity contribution is 9.10. The Bertz CT molecular complexity index is 531. The first-order valence-corrected chi connectivity index (χ1v) is 6.46. The fourth-order valence-electron chi connectivity index (χ4n) is 1.92. The summed E-state index contributed by atoms with van der Waals surface area (Å²) in [6, 6.07) is 10.2. The standard InChI is InChI=1S/C14H15BrN2O/c1-16-14(12-5-3-4-6-13(12)15)10-7-11(18-2)9-17-8-10/h3-9,14,16H,1-2H3.